The summed E-state index contributed by atoms with van der Waals surface area (Å²) in [5.41, 5.74) is 2.77. The summed E-state index contributed by atoms with van der Waals surface area (Å²) in [5.74, 6) is 1.94. The number of nitrogens with one attached hydrogen (secondary N) is 2. The maximum absolute atomic E-state index is 4.49. The fourth-order valence-electron chi connectivity index (χ4n) is 4.37. The smallest absolute Gasteiger partial charge is 0.109 e. The summed E-state index contributed by atoms with van der Waals surface area (Å²) in [5, 5.41) is 0. The molecule has 2 radical (unpaired) electrons. The monoisotopic (exact) mass is 604 g/mol. The van der Waals surface area contributed by atoms with Gasteiger partial charge in [0.2, 0.25) is 0 Å². The Morgan fingerprint density at radius 1 is 0.824 bits per heavy atom. The molecule has 2 aliphatic heterocycles. The van der Waals surface area contributed by atoms with Crippen LogP contribution in [-0.2, 0) is 65.4 Å². The first-order valence-corrected chi connectivity index (χ1v) is 11.0. The number of aliphatic imine (C=N–C) groups is 2. The van der Waals surface area contributed by atoms with Crippen molar-refractivity contribution in [1.82, 2.24) is 29.7 Å². The summed E-state index contributed by atoms with van der Waals surface area (Å²) in [7, 11) is 4.26. The molecule has 0 aliphatic carbocycles. The van der Waals surface area contributed by atoms with Gasteiger partial charge in [0.05, 0.1) is 12.1 Å². The van der Waals surface area contributed by atoms with Gasteiger partial charge in [0.15, 0.2) is 0 Å². The Morgan fingerprint density at radius 2 is 1.26 bits per heavy atom. The van der Waals surface area contributed by atoms with Crippen LogP contribution in [0.3, 0.4) is 0 Å². The van der Waals surface area contributed by atoms with E-state index in [-0.39, 0.29) is 65.4 Å². The molecule has 2 fully saturated rings. The van der Waals surface area contributed by atoms with Crippen LogP contribution in [0.1, 0.15) is 60.8 Å². The topological polar surface area (TPSA) is 88.6 Å². The number of aromatic amines is 2. The standard InChI is InChI=1S/C24H26N8.2Y/c1-31-11-3-5-21(31)23-27-15-19(29-23)13-25-17-7-9-18(10-8-17)26-14-20-16-28-24(30-20)22-6-4-12-32(22)2;;/h7,10,15-16,21-22H,3-6,11-12H2,1-2H3,(H,27,29)(H,28,30);;/q-4;;/t21-,22-;;/m0../s1. The SMILES string of the molecule is CN1CCC[C@H]1c1ncc([C-]=Nc2[c-]cc(N=[C-]c3cnc([C@@H]4CCCN4C)[nH]3)[c-]c2)[nH]1.[Y].[Y]. The fraction of sp³-hybridized carbons (Fsp3) is 0.417. The van der Waals surface area contributed by atoms with Crippen molar-refractivity contribution in [2.24, 2.45) is 9.98 Å². The van der Waals surface area contributed by atoms with E-state index in [1.807, 2.05) is 0 Å². The molecule has 5 rings (SSSR count). The van der Waals surface area contributed by atoms with Crippen molar-refractivity contribution in [3.05, 3.63) is 59.7 Å². The van der Waals surface area contributed by atoms with Crippen molar-refractivity contribution in [3.8, 4) is 0 Å². The molecular weight excluding hydrogens is 578 g/mol. The van der Waals surface area contributed by atoms with Crippen molar-refractivity contribution in [1.29, 1.82) is 0 Å². The first-order valence-electron chi connectivity index (χ1n) is 11.0. The van der Waals surface area contributed by atoms with E-state index >= 15 is 0 Å². The molecule has 2 saturated heterocycles. The molecule has 172 valence electrons. The maximum atomic E-state index is 4.49. The molecule has 4 heterocycles. The number of benzene rings is 1. The molecule has 2 N–H and O–H groups in total. The van der Waals surface area contributed by atoms with Crippen LogP contribution in [0, 0.1) is 12.1 Å². The van der Waals surface area contributed by atoms with Crippen LogP contribution in [0.2, 0.25) is 0 Å². The molecule has 8 nitrogen and oxygen atoms in total. The summed E-state index contributed by atoms with van der Waals surface area (Å²) in [6.07, 6.45) is 14.2. The Morgan fingerprint density at radius 3 is 1.62 bits per heavy atom. The van der Waals surface area contributed by atoms with E-state index in [4.69, 9.17) is 0 Å². The van der Waals surface area contributed by atoms with E-state index in [0.717, 1.165) is 49.0 Å². The van der Waals surface area contributed by atoms with Crippen molar-refractivity contribution in [2.45, 2.75) is 37.8 Å². The van der Waals surface area contributed by atoms with Gasteiger partial charge in [-0.3, -0.25) is 34.1 Å². The Bertz CT molecular complexity index is 1020. The number of imidazole rings is 2. The molecule has 0 unspecified atom stereocenters. The number of likely N-dealkylation sites (tertiary alicyclic amines) is 2. The zero-order chi connectivity index (χ0) is 21.9. The normalized spacial score (nSPS) is 21.4. The van der Waals surface area contributed by atoms with Crippen molar-refractivity contribution >= 4 is 23.8 Å². The quantitative estimate of drug-likeness (QED) is 0.333. The predicted octanol–water partition coefficient (Wildman–Crippen LogP) is 3.52. The van der Waals surface area contributed by atoms with Crippen LogP contribution >= 0.6 is 0 Å². The zero-order valence-electron chi connectivity index (χ0n) is 19.5. The number of H-pyrrole nitrogens is 2. The third-order valence-electron chi connectivity index (χ3n) is 6.17. The molecule has 2 atom stereocenters. The first kappa shape index (κ1) is 27.7. The van der Waals surface area contributed by atoms with E-state index in [9.17, 15) is 0 Å². The number of hydrogen-bond acceptors (Lipinski definition) is 6. The largest absolute Gasteiger partial charge is 0.412 e. The molecule has 2 aliphatic rings. The summed E-state index contributed by atoms with van der Waals surface area (Å²) in [6, 6.07) is 10.4. The third-order valence-corrected chi connectivity index (χ3v) is 6.17. The molecule has 0 spiro atoms. The van der Waals surface area contributed by atoms with Gasteiger partial charge in [-0.25, -0.2) is 0 Å². The minimum Gasteiger partial charge on any atom is -0.412 e. The zero-order valence-corrected chi connectivity index (χ0v) is 25.2. The van der Waals surface area contributed by atoms with Crippen LogP contribution in [-0.4, -0.2) is 69.3 Å². The molecule has 10 heteroatoms. The number of hydrogen-bond donors (Lipinski definition) is 2. The summed E-state index contributed by atoms with van der Waals surface area (Å²) in [6.45, 7) is 2.21. The van der Waals surface area contributed by atoms with Gasteiger partial charge in [-0.1, -0.05) is 12.4 Å². The molecule has 1 aromatic carbocycles. The molecular formula is C24H26N8Y2-4. The van der Waals surface area contributed by atoms with Crippen LogP contribution < -0.4 is 0 Å². The Labute approximate surface area is 251 Å². The second-order valence-corrected chi connectivity index (χ2v) is 8.44. The minimum absolute atomic E-state index is 0. The van der Waals surface area contributed by atoms with E-state index < -0.39 is 0 Å². The Hall–Kier alpha value is -0.892. The number of aromatic nitrogens is 4. The van der Waals surface area contributed by atoms with Gasteiger partial charge < -0.3 is 29.9 Å². The van der Waals surface area contributed by atoms with Gasteiger partial charge in [-0.15, -0.1) is 0 Å². The minimum atomic E-state index is 0. The van der Waals surface area contributed by atoms with Crippen LogP contribution in [0.5, 0.6) is 0 Å². The summed E-state index contributed by atoms with van der Waals surface area (Å²) in [4.78, 5) is 28.9. The number of nitrogens with zero attached hydrogens (tertiary/aromatic N) is 6. The fourth-order valence-corrected chi connectivity index (χ4v) is 4.37. The maximum Gasteiger partial charge on any atom is 0.109 e. The predicted molar refractivity (Wildman–Crippen MR) is 123 cm³/mol. The van der Waals surface area contributed by atoms with E-state index in [0.29, 0.717) is 23.5 Å². The molecule has 0 bridgehead atoms. The third kappa shape index (κ3) is 6.65. The van der Waals surface area contributed by atoms with Crippen molar-refractivity contribution < 1.29 is 65.4 Å². The average molecular weight is 604 g/mol. The van der Waals surface area contributed by atoms with Gasteiger partial charge in [0.25, 0.3) is 0 Å². The van der Waals surface area contributed by atoms with Gasteiger partial charge in [0.1, 0.15) is 11.6 Å². The summed E-state index contributed by atoms with van der Waals surface area (Å²) < 4.78 is 0. The van der Waals surface area contributed by atoms with E-state index in [2.05, 4.69) is 78.4 Å². The van der Waals surface area contributed by atoms with Gasteiger partial charge in [-0.2, -0.15) is 11.4 Å². The molecule has 0 saturated carbocycles. The molecule has 2 aromatic heterocycles. The van der Waals surface area contributed by atoms with E-state index in [1.165, 1.54) is 12.8 Å². The second-order valence-electron chi connectivity index (χ2n) is 8.44. The van der Waals surface area contributed by atoms with Crippen LogP contribution in [0.4, 0.5) is 11.4 Å². The molecule has 3 aromatic rings. The Kier molecular flexibility index (Phi) is 10.5. The van der Waals surface area contributed by atoms with Crippen LogP contribution in [0.25, 0.3) is 0 Å². The van der Waals surface area contributed by atoms with E-state index in [1.54, 1.807) is 24.5 Å². The molecule has 34 heavy (non-hydrogen) atoms. The van der Waals surface area contributed by atoms with Gasteiger partial charge in [-0.05, 0) is 76.6 Å². The summed E-state index contributed by atoms with van der Waals surface area (Å²) >= 11 is 0. The first-order chi connectivity index (χ1) is 15.7. The number of rotatable bonds is 6. The van der Waals surface area contributed by atoms with Crippen LogP contribution in [0.15, 0.2) is 34.5 Å². The second kappa shape index (κ2) is 12.9. The Balaban J connectivity index is 0.00000162. The van der Waals surface area contributed by atoms with Crippen molar-refractivity contribution in [3.63, 3.8) is 0 Å². The average Bonchev–Trinajstić information content (AvgIpc) is 3.59. The molecule has 0 amide bonds. The van der Waals surface area contributed by atoms with Gasteiger partial charge in [0, 0.05) is 65.4 Å². The van der Waals surface area contributed by atoms with Gasteiger partial charge >= 0.3 is 0 Å². The van der Waals surface area contributed by atoms with Crippen molar-refractivity contribution in [2.75, 3.05) is 27.2 Å².